The second-order valence-corrected chi connectivity index (χ2v) is 5.55. The molecule has 2 rings (SSSR count). The standard InChI is InChI=1S/C15H23NO2/c1-5-16-11(2)10-17-13-8-6-7-12-9-15(3,4)18-14(12)13/h6-8,11,16H,5,9-10H2,1-4H3. The highest BCUT2D eigenvalue weighted by Gasteiger charge is 2.32. The predicted molar refractivity (Wildman–Crippen MR) is 73.5 cm³/mol. The lowest BCUT2D eigenvalue weighted by Gasteiger charge is -2.19. The van der Waals surface area contributed by atoms with E-state index in [0.29, 0.717) is 12.6 Å². The maximum atomic E-state index is 5.97. The van der Waals surface area contributed by atoms with Gasteiger partial charge in [0.1, 0.15) is 12.2 Å². The van der Waals surface area contributed by atoms with Gasteiger partial charge in [0, 0.05) is 18.0 Å². The number of ether oxygens (including phenoxy) is 2. The second-order valence-electron chi connectivity index (χ2n) is 5.55. The van der Waals surface area contributed by atoms with Gasteiger partial charge < -0.3 is 14.8 Å². The molecule has 1 aliphatic heterocycles. The van der Waals surface area contributed by atoms with Gasteiger partial charge in [-0.25, -0.2) is 0 Å². The summed E-state index contributed by atoms with van der Waals surface area (Å²) < 4.78 is 11.8. The van der Waals surface area contributed by atoms with Gasteiger partial charge >= 0.3 is 0 Å². The molecule has 1 heterocycles. The first kappa shape index (κ1) is 13.2. The minimum absolute atomic E-state index is 0.116. The van der Waals surface area contributed by atoms with Crippen LogP contribution in [0, 0.1) is 0 Å². The molecule has 18 heavy (non-hydrogen) atoms. The minimum Gasteiger partial charge on any atom is -0.488 e. The molecule has 0 saturated heterocycles. The van der Waals surface area contributed by atoms with E-state index in [2.05, 4.69) is 39.1 Å². The molecule has 0 fully saturated rings. The number of likely N-dealkylation sites (N-methyl/N-ethyl adjacent to an activating group) is 1. The molecular weight excluding hydrogens is 226 g/mol. The SMILES string of the molecule is CCNC(C)COc1cccc2c1OC(C)(C)C2. The van der Waals surface area contributed by atoms with Crippen molar-refractivity contribution in [1.82, 2.24) is 5.32 Å². The van der Waals surface area contributed by atoms with Crippen LogP contribution in [0.4, 0.5) is 0 Å². The number of rotatable bonds is 5. The number of hydrogen-bond donors (Lipinski definition) is 1. The lowest BCUT2D eigenvalue weighted by Crippen LogP contribution is -2.31. The van der Waals surface area contributed by atoms with Crippen molar-refractivity contribution >= 4 is 0 Å². The Kier molecular flexibility index (Phi) is 3.81. The van der Waals surface area contributed by atoms with Gasteiger partial charge in [0.15, 0.2) is 11.5 Å². The van der Waals surface area contributed by atoms with Gasteiger partial charge in [-0.15, -0.1) is 0 Å². The Balaban J connectivity index is 2.05. The summed E-state index contributed by atoms with van der Waals surface area (Å²) in [6.45, 7) is 10.1. The van der Waals surface area contributed by atoms with Crippen molar-refractivity contribution in [3.05, 3.63) is 23.8 Å². The summed E-state index contributed by atoms with van der Waals surface area (Å²) in [5, 5.41) is 3.33. The first-order chi connectivity index (χ1) is 8.52. The zero-order valence-electron chi connectivity index (χ0n) is 11.7. The van der Waals surface area contributed by atoms with Crippen LogP contribution in [0.15, 0.2) is 18.2 Å². The van der Waals surface area contributed by atoms with Crippen LogP contribution in [0.25, 0.3) is 0 Å². The van der Waals surface area contributed by atoms with Gasteiger partial charge in [-0.05, 0) is 33.4 Å². The fourth-order valence-electron chi connectivity index (χ4n) is 2.32. The van der Waals surface area contributed by atoms with Crippen molar-refractivity contribution in [2.24, 2.45) is 0 Å². The summed E-state index contributed by atoms with van der Waals surface area (Å²) in [7, 11) is 0. The molecule has 3 heteroatoms. The van der Waals surface area contributed by atoms with Gasteiger partial charge in [0.25, 0.3) is 0 Å². The molecule has 3 nitrogen and oxygen atoms in total. The van der Waals surface area contributed by atoms with E-state index in [9.17, 15) is 0 Å². The Morgan fingerprint density at radius 1 is 1.44 bits per heavy atom. The van der Waals surface area contributed by atoms with Crippen molar-refractivity contribution in [3.8, 4) is 11.5 Å². The topological polar surface area (TPSA) is 30.5 Å². The summed E-state index contributed by atoms with van der Waals surface area (Å²) in [5.74, 6) is 1.79. The molecule has 0 bridgehead atoms. The summed E-state index contributed by atoms with van der Waals surface area (Å²) in [6, 6.07) is 6.49. The van der Waals surface area contributed by atoms with Gasteiger partial charge in [-0.2, -0.15) is 0 Å². The lowest BCUT2D eigenvalue weighted by molar-refractivity contribution is 0.131. The van der Waals surface area contributed by atoms with E-state index in [1.54, 1.807) is 0 Å². The quantitative estimate of drug-likeness (QED) is 0.870. The average molecular weight is 249 g/mol. The summed E-state index contributed by atoms with van der Waals surface area (Å²) in [6.07, 6.45) is 0.947. The number of nitrogens with one attached hydrogen (secondary N) is 1. The Hall–Kier alpha value is -1.22. The van der Waals surface area contributed by atoms with Crippen LogP contribution in [0.1, 0.15) is 33.3 Å². The third-order valence-corrected chi connectivity index (χ3v) is 3.10. The van der Waals surface area contributed by atoms with Crippen molar-refractivity contribution < 1.29 is 9.47 Å². The Labute approximate surface area is 109 Å². The second kappa shape index (κ2) is 5.19. The zero-order valence-corrected chi connectivity index (χ0v) is 11.7. The minimum atomic E-state index is -0.116. The predicted octanol–water partition coefficient (Wildman–Crippen LogP) is 2.78. The molecule has 1 aromatic carbocycles. The summed E-state index contributed by atoms with van der Waals surface area (Å²) in [4.78, 5) is 0. The molecule has 1 atom stereocenters. The van der Waals surface area contributed by atoms with Crippen LogP contribution in [-0.4, -0.2) is 24.8 Å². The van der Waals surface area contributed by atoms with Crippen LogP contribution < -0.4 is 14.8 Å². The summed E-state index contributed by atoms with van der Waals surface area (Å²) >= 11 is 0. The maximum absolute atomic E-state index is 5.97. The van der Waals surface area contributed by atoms with E-state index in [1.807, 2.05) is 12.1 Å². The maximum Gasteiger partial charge on any atom is 0.165 e. The van der Waals surface area contributed by atoms with Crippen molar-refractivity contribution in [2.45, 2.75) is 45.8 Å². The lowest BCUT2D eigenvalue weighted by atomic mass is 10.0. The highest BCUT2D eigenvalue weighted by atomic mass is 16.5. The Bertz CT molecular complexity index is 415. The molecule has 1 unspecified atom stereocenters. The molecule has 0 spiro atoms. The molecule has 1 aromatic rings. The number of hydrogen-bond acceptors (Lipinski definition) is 3. The number of benzene rings is 1. The van der Waals surface area contributed by atoms with E-state index in [1.165, 1.54) is 5.56 Å². The van der Waals surface area contributed by atoms with Gasteiger partial charge in [-0.3, -0.25) is 0 Å². The third-order valence-electron chi connectivity index (χ3n) is 3.10. The van der Waals surface area contributed by atoms with Gasteiger partial charge in [-0.1, -0.05) is 19.1 Å². The van der Waals surface area contributed by atoms with Crippen LogP contribution in [0.5, 0.6) is 11.5 Å². The molecule has 0 saturated carbocycles. The van der Waals surface area contributed by atoms with E-state index >= 15 is 0 Å². The van der Waals surface area contributed by atoms with Crippen LogP contribution in [-0.2, 0) is 6.42 Å². The molecule has 0 radical (unpaired) electrons. The fourth-order valence-corrected chi connectivity index (χ4v) is 2.32. The first-order valence-electron chi connectivity index (χ1n) is 6.69. The largest absolute Gasteiger partial charge is 0.488 e. The molecule has 100 valence electrons. The van der Waals surface area contributed by atoms with E-state index in [0.717, 1.165) is 24.5 Å². The molecule has 0 aliphatic carbocycles. The van der Waals surface area contributed by atoms with Crippen molar-refractivity contribution in [1.29, 1.82) is 0 Å². The van der Waals surface area contributed by atoms with Crippen LogP contribution in [0.3, 0.4) is 0 Å². The monoisotopic (exact) mass is 249 g/mol. The van der Waals surface area contributed by atoms with Crippen molar-refractivity contribution in [2.75, 3.05) is 13.2 Å². The Morgan fingerprint density at radius 3 is 2.94 bits per heavy atom. The highest BCUT2D eigenvalue weighted by Crippen LogP contribution is 2.41. The number of para-hydroxylation sites is 1. The first-order valence-corrected chi connectivity index (χ1v) is 6.69. The number of fused-ring (bicyclic) bond motifs is 1. The smallest absolute Gasteiger partial charge is 0.165 e. The van der Waals surface area contributed by atoms with Gasteiger partial charge in [0.2, 0.25) is 0 Å². The molecule has 0 aromatic heterocycles. The average Bonchev–Trinajstić information content (AvgIpc) is 2.61. The van der Waals surface area contributed by atoms with E-state index < -0.39 is 0 Å². The molecule has 1 N–H and O–H groups in total. The third kappa shape index (κ3) is 2.96. The zero-order chi connectivity index (χ0) is 13.2. The molecular formula is C15H23NO2. The van der Waals surface area contributed by atoms with Gasteiger partial charge in [0.05, 0.1) is 0 Å². The van der Waals surface area contributed by atoms with E-state index in [-0.39, 0.29) is 5.60 Å². The van der Waals surface area contributed by atoms with Crippen LogP contribution in [0.2, 0.25) is 0 Å². The summed E-state index contributed by atoms with van der Waals surface area (Å²) in [5.41, 5.74) is 1.13. The normalized spacial score (nSPS) is 18.0. The highest BCUT2D eigenvalue weighted by molar-refractivity contribution is 5.50. The molecule has 1 aliphatic rings. The van der Waals surface area contributed by atoms with E-state index in [4.69, 9.17) is 9.47 Å². The molecule has 0 amide bonds. The fraction of sp³-hybridized carbons (Fsp3) is 0.600. The van der Waals surface area contributed by atoms with Crippen LogP contribution >= 0.6 is 0 Å². The van der Waals surface area contributed by atoms with Crippen molar-refractivity contribution in [3.63, 3.8) is 0 Å². The Morgan fingerprint density at radius 2 is 2.22 bits per heavy atom.